The van der Waals surface area contributed by atoms with Crippen LogP contribution in [0.25, 0.3) is 17.1 Å². The number of hydrogen-bond donors (Lipinski definition) is 1. The summed E-state index contributed by atoms with van der Waals surface area (Å²) >= 11 is 1.32. The smallest absolute Gasteiger partial charge is 0.234 e. The minimum atomic E-state index is -0.137. The summed E-state index contributed by atoms with van der Waals surface area (Å²) in [5.74, 6) is 1.49. The molecule has 0 bridgehead atoms. The Kier molecular flexibility index (Phi) is 5.20. The summed E-state index contributed by atoms with van der Waals surface area (Å²) in [7, 11) is 0. The average molecular weight is 391 g/mol. The third-order valence-corrected chi connectivity index (χ3v) is 4.95. The zero-order chi connectivity index (χ0) is 19.3. The number of benzene rings is 1. The molecule has 0 aliphatic heterocycles. The highest BCUT2D eigenvalue weighted by atomic mass is 32.2. The van der Waals surface area contributed by atoms with Gasteiger partial charge in [0.1, 0.15) is 5.76 Å². The highest BCUT2D eigenvalue weighted by molar-refractivity contribution is 7.99. The minimum Gasteiger partial charge on any atom is -0.469 e. The van der Waals surface area contributed by atoms with E-state index in [0.29, 0.717) is 16.7 Å². The van der Waals surface area contributed by atoms with E-state index in [-0.39, 0.29) is 11.7 Å². The third kappa shape index (κ3) is 3.81. The first-order chi connectivity index (χ1) is 13.7. The molecule has 0 saturated carbocycles. The number of anilines is 1. The maximum Gasteiger partial charge on any atom is 0.234 e. The Labute approximate surface area is 165 Å². The first-order valence-electron chi connectivity index (χ1n) is 8.60. The molecule has 3 aromatic heterocycles. The number of hydrogen-bond acceptors (Lipinski definition) is 6. The number of aromatic nitrogens is 4. The summed E-state index contributed by atoms with van der Waals surface area (Å²) < 4.78 is 7.36. The number of rotatable bonds is 6. The second-order valence-electron chi connectivity index (χ2n) is 5.95. The molecular weight excluding hydrogens is 374 g/mol. The van der Waals surface area contributed by atoms with E-state index in [9.17, 15) is 4.79 Å². The van der Waals surface area contributed by atoms with E-state index in [1.165, 1.54) is 11.8 Å². The summed E-state index contributed by atoms with van der Waals surface area (Å²) in [6, 6.07) is 15.2. The molecule has 4 rings (SSSR count). The zero-order valence-electron chi connectivity index (χ0n) is 15.1. The summed E-state index contributed by atoms with van der Waals surface area (Å²) in [4.78, 5) is 16.3. The fourth-order valence-corrected chi connectivity index (χ4v) is 3.48. The molecule has 3 heterocycles. The highest BCUT2D eigenvalue weighted by Crippen LogP contribution is 2.30. The first-order valence-corrected chi connectivity index (χ1v) is 9.59. The van der Waals surface area contributed by atoms with Gasteiger partial charge in [-0.3, -0.25) is 14.3 Å². The van der Waals surface area contributed by atoms with Gasteiger partial charge in [-0.05, 0) is 37.3 Å². The molecule has 1 N–H and O–H groups in total. The monoisotopic (exact) mass is 391 g/mol. The first kappa shape index (κ1) is 18.0. The molecule has 8 heteroatoms. The number of furan rings is 1. The number of pyridine rings is 1. The SMILES string of the molecule is Cc1occc1-c1nnc(SCC(=O)Nc2cccnc2)n1-c1ccccc1. The van der Waals surface area contributed by atoms with Gasteiger partial charge in [-0.1, -0.05) is 30.0 Å². The van der Waals surface area contributed by atoms with E-state index in [2.05, 4.69) is 20.5 Å². The van der Waals surface area contributed by atoms with Gasteiger partial charge < -0.3 is 9.73 Å². The number of aryl methyl sites for hydroxylation is 1. The fraction of sp³-hybridized carbons (Fsp3) is 0.100. The van der Waals surface area contributed by atoms with E-state index in [1.807, 2.05) is 47.9 Å². The van der Waals surface area contributed by atoms with Crippen molar-refractivity contribution < 1.29 is 9.21 Å². The fourth-order valence-electron chi connectivity index (χ4n) is 2.73. The molecule has 1 aromatic carbocycles. The Hall–Kier alpha value is -3.39. The quantitative estimate of drug-likeness (QED) is 0.501. The largest absolute Gasteiger partial charge is 0.469 e. The summed E-state index contributed by atoms with van der Waals surface area (Å²) in [5, 5.41) is 12.1. The van der Waals surface area contributed by atoms with Crippen LogP contribution in [0.4, 0.5) is 5.69 Å². The Balaban J connectivity index is 1.60. The Morgan fingerprint density at radius 2 is 2.00 bits per heavy atom. The second-order valence-corrected chi connectivity index (χ2v) is 6.89. The van der Waals surface area contributed by atoms with Gasteiger partial charge in [0.2, 0.25) is 5.91 Å². The maximum atomic E-state index is 12.3. The maximum absolute atomic E-state index is 12.3. The molecule has 0 radical (unpaired) electrons. The van der Waals surface area contributed by atoms with Gasteiger partial charge in [0, 0.05) is 11.9 Å². The average Bonchev–Trinajstić information content (AvgIpc) is 3.33. The predicted octanol–water partition coefficient (Wildman–Crippen LogP) is 3.96. The molecule has 0 spiro atoms. The molecule has 0 aliphatic rings. The van der Waals surface area contributed by atoms with Gasteiger partial charge in [0.25, 0.3) is 0 Å². The third-order valence-electron chi connectivity index (χ3n) is 4.03. The lowest BCUT2D eigenvalue weighted by molar-refractivity contribution is -0.113. The van der Waals surface area contributed by atoms with E-state index >= 15 is 0 Å². The van der Waals surface area contributed by atoms with Crippen molar-refractivity contribution in [2.75, 3.05) is 11.1 Å². The lowest BCUT2D eigenvalue weighted by Crippen LogP contribution is -2.14. The lowest BCUT2D eigenvalue weighted by Gasteiger charge is -2.10. The summed E-state index contributed by atoms with van der Waals surface area (Å²) in [6.45, 7) is 1.88. The van der Waals surface area contributed by atoms with Gasteiger partial charge in [-0.2, -0.15) is 0 Å². The number of amides is 1. The van der Waals surface area contributed by atoms with Gasteiger partial charge in [-0.25, -0.2) is 0 Å². The van der Waals surface area contributed by atoms with Crippen LogP contribution in [0.1, 0.15) is 5.76 Å². The minimum absolute atomic E-state index is 0.137. The Morgan fingerprint density at radius 1 is 1.14 bits per heavy atom. The molecule has 0 unspecified atom stereocenters. The van der Waals surface area contributed by atoms with Crippen LogP contribution in [-0.4, -0.2) is 31.4 Å². The van der Waals surface area contributed by atoms with Crippen LogP contribution >= 0.6 is 11.8 Å². The number of carbonyl (C=O) groups is 1. The van der Waals surface area contributed by atoms with Crippen molar-refractivity contribution >= 4 is 23.4 Å². The van der Waals surface area contributed by atoms with Crippen molar-refractivity contribution in [3.63, 3.8) is 0 Å². The highest BCUT2D eigenvalue weighted by Gasteiger charge is 2.19. The van der Waals surface area contributed by atoms with Crippen molar-refractivity contribution in [3.8, 4) is 17.1 Å². The van der Waals surface area contributed by atoms with Crippen LogP contribution in [0.5, 0.6) is 0 Å². The van der Waals surface area contributed by atoms with Crippen molar-refractivity contribution in [2.45, 2.75) is 12.1 Å². The van der Waals surface area contributed by atoms with Crippen LogP contribution < -0.4 is 5.32 Å². The molecule has 140 valence electrons. The van der Waals surface area contributed by atoms with Gasteiger partial charge >= 0.3 is 0 Å². The molecule has 7 nitrogen and oxygen atoms in total. The standard InChI is InChI=1S/C20H17N5O2S/c1-14-17(9-11-27-14)19-23-24-20(25(19)16-7-3-2-4-8-16)28-13-18(26)22-15-6-5-10-21-12-15/h2-12H,13H2,1H3,(H,22,26). The van der Waals surface area contributed by atoms with E-state index < -0.39 is 0 Å². The van der Waals surface area contributed by atoms with Crippen LogP contribution in [0.2, 0.25) is 0 Å². The molecule has 0 saturated heterocycles. The van der Waals surface area contributed by atoms with Crippen molar-refractivity contribution in [2.24, 2.45) is 0 Å². The van der Waals surface area contributed by atoms with Crippen molar-refractivity contribution in [1.82, 2.24) is 19.7 Å². The van der Waals surface area contributed by atoms with Crippen molar-refractivity contribution in [1.29, 1.82) is 0 Å². The van der Waals surface area contributed by atoms with E-state index in [0.717, 1.165) is 17.0 Å². The van der Waals surface area contributed by atoms with Crippen molar-refractivity contribution in [3.05, 3.63) is 72.9 Å². The zero-order valence-corrected chi connectivity index (χ0v) is 15.9. The molecule has 0 atom stereocenters. The van der Waals surface area contributed by atoms with Gasteiger partial charge in [-0.15, -0.1) is 10.2 Å². The summed E-state index contributed by atoms with van der Waals surface area (Å²) in [6.07, 6.45) is 4.89. The molecule has 28 heavy (non-hydrogen) atoms. The number of nitrogens with one attached hydrogen (secondary N) is 1. The van der Waals surface area contributed by atoms with Crippen LogP contribution in [0.15, 0.2) is 76.8 Å². The Bertz CT molecular complexity index is 1080. The molecule has 0 fully saturated rings. The molecule has 4 aromatic rings. The van der Waals surface area contributed by atoms with Gasteiger partial charge in [0.15, 0.2) is 11.0 Å². The number of para-hydroxylation sites is 1. The topological polar surface area (TPSA) is 85.8 Å². The number of carbonyl (C=O) groups excluding carboxylic acids is 1. The molecular formula is C20H17N5O2S. The van der Waals surface area contributed by atoms with E-state index in [1.54, 1.807) is 30.8 Å². The van der Waals surface area contributed by atoms with Crippen LogP contribution in [0, 0.1) is 6.92 Å². The van der Waals surface area contributed by atoms with Crippen LogP contribution in [0.3, 0.4) is 0 Å². The van der Waals surface area contributed by atoms with Gasteiger partial charge in [0.05, 0.1) is 29.5 Å². The van der Waals surface area contributed by atoms with E-state index in [4.69, 9.17) is 4.42 Å². The number of thioether (sulfide) groups is 1. The lowest BCUT2D eigenvalue weighted by atomic mass is 10.2. The van der Waals surface area contributed by atoms with Crippen LogP contribution in [-0.2, 0) is 4.79 Å². The molecule has 0 aliphatic carbocycles. The second kappa shape index (κ2) is 8.10. The summed E-state index contributed by atoms with van der Waals surface area (Å²) in [5.41, 5.74) is 2.44. The normalized spacial score (nSPS) is 10.8. The molecule has 1 amide bonds. The Morgan fingerprint density at radius 3 is 2.71 bits per heavy atom. The number of nitrogens with zero attached hydrogens (tertiary/aromatic N) is 4. The predicted molar refractivity (Wildman–Crippen MR) is 107 cm³/mol.